The molecule has 14 nitrogen and oxygen atoms in total. The predicted molar refractivity (Wildman–Crippen MR) is 218 cm³/mol. The van der Waals surface area contributed by atoms with Crippen molar-refractivity contribution in [3.8, 4) is 11.3 Å². The van der Waals surface area contributed by atoms with Crippen molar-refractivity contribution < 1.29 is 28.7 Å². The van der Waals surface area contributed by atoms with Crippen molar-refractivity contribution in [1.29, 1.82) is 0 Å². The Labute approximate surface area is 339 Å². The molecular formula is C44H54N8O6. The Morgan fingerprint density at radius 2 is 1.38 bits per heavy atom. The number of aromatic amines is 2. The van der Waals surface area contributed by atoms with E-state index in [-0.39, 0.29) is 35.2 Å². The van der Waals surface area contributed by atoms with E-state index in [9.17, 15) is 19.2 Å². The number of rotatable bonds is 11. The summed E-state index contributed by atoms with van der Waals surface area (Å²) < 4.78 is 9.61. The van der Waals surface area contributed by atoms with Gasteiger partial charge in [0.1, 0.15) is 23.7 Å². The van der Waals surface area contributed by atoms with Crippen LogP contribution >= 0.6 is 0 Å². The number of nitrogens with one attached hydrogen (secondary N) is 4. The molecule has 4 N–H and O–H groups in total. The second kappa shape index (κ2) is 17.3. The molecule has 4 heterocycles. The molecule has 2 aliphatic heterocycles. The predicted octanol–water partition coefficient (Wildman–Crippen LogP) is 7.13. The minimum Gasteiger partial charge on any atom is -0.453 e. The molecule has 0 spiro atoms. The lowest BCUT2D eigenvalue weighted by Gasteiger charge is -2.33. The van der Waals surface area contributed by atoms with Crippen LogP contribution in [0.2, 0.25) is 0 Å². The van der Waals surface area contributed by atoms with Crippen LogP contribution in [0.1, 0.15) is 112 Å². The molecule has 0 bridgehead atoms. The molecular weight excluding hydrogens is 737 g/mol. The van der Waals surface area contributed by atoms with Gasteiger partial charge in [0.25, 0.3) is 5.91 Å². The maximum atomic E-state index is 13.9. The number of methoxy groups -OCH3 is 2. The molecule has 4 amide bonds. The average molecular weight is 791 g/mol. The fourth-order valence-corrected chi connectivity index (χ4v) is 8.63. The number of ether oxygens (including phenoxy) is 2. The minimum absolute atomic E-state index is 0.0462. The fourth-order valence-electron chi connectivity index (χ4n) is 8.63. The smallest absolute Gasteiger partial charge is 0.407 e. The largest absolute Gasteiger partial charge is 0.453 e. The van der Waals surface area contributed by atoms with E-state index in [1.165, 1.54) is 25.4 Å². The molecule has 0 saturated carbocycles. The zero-order chi connectivity index (χ0) is 41.0. The molecule has 14 heteroatoms. The third kappa shape index (κ3) is 8.37. The van der Waals surface area contributed by atoms with Gasteiger partial charge in [-0.15, -0.1) is 0 Å². The molecule has 2 fully saturated rings. The van der Waals surface area contributed by atoms with Crippen LogP contribution in [0.25, 0.3) is 16.8 Å². The summed E-state index contributed by atoms with van der Waals surface area (Å²) in [5, 5.41) is 5.43. The summed E-state index contributed by atoms with van der Waals surface area (Å²) in [6.07, 6.45) is 10.7. The molecule has 58 heavy (non-hydrogen) atoms. The van der Waals surface area contributed by atoms with Gasteiger partial charge in [0.15, 0.2) is 0 Å². The van der Waals surface area contributed by atoms with Crippen molar-refractivity contribution in [3.05, 3.63) is 102 Å². The highest BCUT2D eigenvalue weighted by Gasteiger charge is 2.39. The Balaban J connectivity index is 0.998. The Kier molecular flexibility index (Phi) is 12.0. The van der Waals surface area contributed by atoms with Gasteiger partial charge >= 0.3 is 12.2 Å². The van der Waals surface area contributed by atoms with Crippen molar-refractivity contribution in [2.75, 3.05) is 27.3 Å². The maximum absolute atomic E-state index is 13.9. The molecule has 2 aromatic carbocycles. The van der Waals surface area contributed by atoms with Gasteiger partial charge in [0.05, 0.1) is 50.1 Å². The highest BCUT2D eigenvalue weighted by Crippen LogP contribution is 2.42. The lowest BCUT2D eigenvalue weighted by Crippen LogP contribution is -2.51. The van der Waals surface area contributed by atoms with E-state index in [2.05, 4.69) is 57.9 Å². The molecule has 306 valence electrons. The molecule has 3 aliphatic rings. The van der Waals surface area contributed by atoms with Gasteiger partial charge in [0, 0.05) is 13.1 Å². The minimum atomic E-state index is -0.873. The van der Waals surface area contributed by atoms with Gasteiger partial charge in [-0.1, -0.05) is 81.4 Å². The Morgan fingerprint density at radius 1 is 0.793 bits per heavy atom. The molecule has 5 atom stereocenters. The summed E-state index contributed by atoms with van der Waals surface area (Å²) in [6, 6.07) is 15.9. The second-order valence-electron chi connectivity index (χ2n) is 16.2. The van der Waals surface area contributed by atoms with Crippen LogP contribution in [0.5, 0.6) is 0 Å². The number of amides is 4. The zero-order valence-electron chi connectivity index (χ0n) is 33.9. The number of hydrogen-bond donors (Lipinski definition) is 4. The van der Waals surface area contributed by atoms with Gasteiger partial charge in [-0.05, 0) is 78.5 Å². The first-order valence-electron chi connectivity index (χ1n) is 20.2. The normalized spacial score (nSPS) is 21.7. The lowest BCUT2D eigenvalue weighted by atomic mass is 9.71. The van der Waals surface area contributed by atoms with Crippen molar-refractivity contribution in [2.24, 2.45) is 5.92 Å². The first-order valence-corrected chi connectivity index (χ1v) is 20.2. The van der Waals surface area contributed by atoms with E-state index < -0.39 is 24.3 Å². The van der Waals surface area contributed by atoms with Crippen LogP contribution < -0.4 is 10.6 Å². The number of carbonyl (C=O) groups excluding carboxylic acids is 4. The monoisotopic (exact) mass is 790 g/mol. The molecule has 1 aliphatic carbocycles. The summed E-state index contributed by atoms with van der Waals surface area (Å²) in [5.74, 6) is 1.07. The molecule has 2 saturated heterocycles. The second-order valence-corrected chi connectivity index (χ2v) is 16.2. The summed E-state index contributed by atoms with van der Waals surface area (Å²) in [6.45, 7) is 7.30. The molecule has 4 aromatic rings. The van der Waals surface area contributed by atoms with E-state index in [0.29, 0.717) is 18.7 Å². The maximum Gasteiger partial charge on any atom is 0.407 e. The topological polar surface area (TPSA) is 175 Å². The Hall–Kier alpha value is -5.92. The fraction of sp³-hybridized carbons (Fsp3) is 0.455. The standard InChI is InChI=1S/C44H54N8O6/c1-27(2)36(49-42(55)57-4)40(53)51-23-9-13-34(51)38-46-26-33(48-38)29-19-21-44(3,22-20-29)31-17-15-28(16-18-31)32-25-45-39(47-32)35-14-10-24-52(35)41(54)37(50-43(56)58-5)30-11-7-6-8-12-30/h6-8,11-12,15-19,25-27,34-37H,9-10,13-14,20-24H2,1-5H3,(H,45,47)(H,46,48)(H,49,55)(H,50,56)/t34-,35-,36+,37+,44?/m0/s1. The number of imidazole rings is 2. The number of hydrogen-bond acceptors (Lipinski definition) is 8. The first-order chi connectivity index (χ1) is 28.0. The number of H-pyrrole nitrogens is 2. The Bertz CT molecular complexity index is 2130. The number of alkyl carbamates (subject to hydrolysis) is 2. The summed E-state index contributed by atoms with van der Waals surface area (Å²) in [5.41, 5.74) is 5.98. The van der Waals surface area contributed by atoms with Crippen molar-refractivity contribution in [2.45, 2.75) is 95.3 Å². The van der Waals surface area contributed by atoms with Crippen LogP contribution in [0.4, 0.5) is 9.59 Å². The number of likely N-dealkylation sites (tertiary alicyclic amines) is 2. The van der Waals surface area contributed by atoms with Crippen LogP contribution in [-0.4, -0.2) is 87.1 Å². The van der Waals surface area contributed by atoms with E-state index >= 15 is 0 Å². The van der Waals surface area contributed by atoms with Gasteiger partial charge in [-0.3, -0.25) is 9.59 Å². The highest BCUT2D eigenvalue weighted by molar-refractivity contribution is 5.88. The van der Waals surface area contributed by atoms with E-state index in [0.717, 1.165) is 73.5 Å². The zero-order valence-corrected chi connectivity index (χ0v) is 33.9. The quantitative estimate of drug-likeness (QED) is 0.124. The summed E-state index contributed by atoms with van der Waals surface area (Å²) >= 11 is 0. The van der Waals surface area contributed by atoms with Gasteiger partial charge in [-0.2, -0.15) is 0 Å². The first kappa shape index (κ1) is 40.3. The number of carbonyl (C=O) groups is 4. The highest BCUT2D eigenvalue weighted by atomic mass is 16.5. The van der Waals surface area contributed by atoms with Crippen molar-refractivity contribution >= 4 is 29.6 Å². The van der Waals surface area contributed by atoms with Crippen molar-refractivity contribution in [1.82, 2.24) is 40.4 Å². The number of benzene rings is 2. The summed E-state index contributed by atoms with van der Waals surface area (Å²) in [4.78, 5) is 71.9. The Morgan fingerprint density at radius 3 is 1.97 bits per heavy atom. The van der Waals surface area contributed by atoms with Crippen LogP contribution in [0, 0.1) is 5.92 Å². The van der Waals surface area contributed by atoms with Gasteiger partial charge < -0.3 is 39.9 Å². The molecule has 2 aromatic heterocycles. The molecule has 0 radical (unpaired) electrons. The third-order valence-electron chi connectivity index (χ3n) is 12.1. The summed E-state index contributed by atoms with van der Waals surface area (Å²) in [7, 11) is 2.58. The lowest BCUT2D eigenvalue weighted by molar-refractivity contribution is -0.135. The van der Waals surface area contributed by atoms with Crippen molar-refractivity contribution in [3.63, 3.8) is 0 Å². The van der Waals surface area contributed by atoms with Gasteiger partial charge in [0.2, 0.25) is 5.91 Å². The average Bonchev–Trinajstić information content (AvgIpc) is 4.09. The third-order valence-corrected chi connectivity index (χ3v) is 12.1. The van der Waals surface area contributed by atoms with E-state index in [1.54, 1.807) is 4.90 Å². The van der Waals surface area contributed by atoms with E-state index in [4.69, 9.17) is 19.4 Å². The number of nitrogens with zero attached hydrogens (tertiary/aromatic N) is 4. The van der Waals surface area contributed by atoms with Crippen LogP contribution in [0.3, 0.4) is 0 Å². The SMILES string of the molecule is COC(=O)N[C@@H](C(=O)N1CCC[C@H]1c1ncc(-c2ccc(C3(C)CC=C(c4cnc([C@@H]5CCCN5C(=O)[C@H](NC(=O)OC)C(C)C)[nH]4)CC3)cc2)[nH]1)c1ccccc1. The molecule has 7 rings (SSSR count). The van der Waals surface area contributed by atoms with Gasteiger partial charge in [-0.25, -0.2) is 19.6 Å². The molecule has 1 unspecified atom stereocenters. The van der Waals surface area contributed by atoms with Crippen LogP contribution in [-0.2, 0) is 24.5 Å². The van der Waals surface area contributed by atoms with E-state index in [1.807, 2.05) is 61.5 Å². The number of aromatic nitrogens is 4. The number of allylic oxidation sites excluding steroid dienone is 2. The van der Waals surface area contributed by atoms with Crippen LogP contribution in [0.15, 0.2) is 73.1 Å².